The Bertz CT molecular complexity index is 535. The van der Waals surface area contributed by atoms with E-state index in [1.165, 1.54) is 6.20 Å². The molecule has 18 heavy (non-hydrogen) atoms. The van der Waals surface area contributed by atoms with Gasteiger partial charge in [-0.3, -0.25) is 10.1 Å². The highest BCUT2D eigenvalue weighted by Crippen LogP contribution is 2.09. The van der Waals surface area contributed by atoms with E-state index in [2.05, 4.69) is 25.8 Å². The molecule has 0 saturated heterocycles. The molecule has 0 bridgehead atoms. The van der Waals surface area contributed by atoms with Crippen LogP contribution in [0.5, 0.6) is 0 Å². The van der Waals surface area contributed by atoms with E-state index in [1.807, 2.05) is 6.92 Å². The van der Waals surface area contributed by atoms with E-state index in [0.29, 0.717) is 11.5 Å². The number of aromatic nitrogens is 3. The van der Waals surface area contributed by atoms with Gasteiger partial charge in [-0.2, -0.15) is 0 Å². The Morgan fingerprint density at radius 1 is 1.39 bits per heavy atom. The van der Waals surface area contributed by atoms with E-state index in [4.69, 9.17) is 4.42 Å². The van der Waals surface area contributed by atoms with Crippen LogP contribution in [-0.2, 0) is 0 Å². The molecule has 0 aliphatic heterocycles. The normalized spacial score (nSPS) is 10.1. The minimum absolute atomic E-state index is 0.0771. The molecule has 2 aromatic heterocycles. The summed E-state index contributed by atoms with van der Waals surface area (Å²) in [6, 6.07) is 3.48. The highest BCUT2D eigenvalue weighted by molar-refractivity contribution is 6.02. The highest BCUT2D eigenvalue weighted by atomic mass is 16.4. The van der Waals surface area contributed by atoms with Crippen LogP contribution in [0, 0.1) is 6.92 Å². The van der Waals surface area contributed by atoms with Crippen molar-refractivity contribution >= 4 is 17.7 Å². The zero-order valence-corrected chi connectivity index (χ0v) is 10.1. The van der Waals surface area contributed by atoms with Crippen LogP contribution in [-0.4, -0.2) is 27.6 Å². The van der Waals surface area contributed by atoms with Crippen molar-refractivity contribution in [3.63, 3.8) is 0 Å². The van der Waals surface area contributed by atoms with E-state index in [-0.39, 0.29) is 11.9 Å². The molecule has 0 aliphatic rings. The molecule has 7 nitrogen and oxygen atoms in total. The lowest BCUT2D eigenvalue weighted by Gasteiger charge is -2.03. The van der Waals surface area contributed by atoms with Gasteiger partial charge in [0.15, 0.2) is 0 Å². The lowest BCUT2D eigenvalue weighted by Crippen LogP contribution is -2.12. The maximum Gasteiger partial charge on any atom is 0.322 e. The number of pyridine rings is 1. The summed E-state index contributed by atoms with van der Waals surface area (Å²) in [6.45, 7) is 4.40. The fraction of sp³-hybridized carbons (Fsp3) is 0.273. The molecular formula is C11H13N5O2. The van der Waals surface area contributed by atoms with E-state index >= 15 is 0 Å². The number of amides is 1. The first-order valence-electron chi connectivity index (χ1n) is 5.50. The molecule has 2 aromatic rings. The Balaban J connectivity index is 2.04. The first-order valence-corrected chi connectivity index (χ1v) is 5.50. The molecule has 2 rings (SSSR count). The largest absolute Gasteiger partial charge is 0.408 e. The molecule has 94 valence electrons. The van der Waals surface area contributed by atoms with Gasteiger partial charge in [-0.1, -0.05) is 5.10 Å². The summed E-state index contributed by atoms with van der Waals surface area (Å²) < 4.78 is 5.05. The molecular weight excluding hydrogens is 234 g/mol. The summed E-state index contributed by atoms with van der Waals surface area (Å²) in [7, 11) is 0. The van der Waals surface area contributed by atoms with Crippen molar-refractivity contribution in [2.45, 2.75) is 13.8 Å². The summed E-state index contributed by atoms with van der Waals surface area (Å²) in [5.41, 5.74) is 0.424. The number of hydrogen-bond acceptors (Lipinski definition) is 6. The number of anilines is 2. The van der Waals surface area contributed by atoms with Crippen molar-refractivity contribution in [1.82, 2.24) is 15.2 Å². The molecule has 0 spiro atoms. The van der Waals surface area contributed by atoms with Gasteiger partial charge in [0.05, 0.1) is 5.56 Å². The van der Waals surface area contributed by atoms with Crippen LogP contribution in [0.4, 0.5) is 11.8 Å². The first-order chi connectivity index (χ1) is 8.69. The van der Waals surface area contributed by atoms with Gasteiger partial charge in [0.2, 0.25) is 5.89 Å². The Morgan fingerprint density at radius 2 is 2.22 bits per heavy atom. The first kappa shape index (κ1) is 12.0. The number of carbonyl (C=O) groups is 1. The molecule has 0 unspecified atom stereocenters. The fourth-order valence-corrected chi connectivity index (χ4v) is 1.33. The van der Waals surface area contributed by atoms with Gasteiger partial charge in [-0.05, 0) is 19.1 Å². The molecule has 0 atom stereocenters. The van der Waals surface area contributed by atoms with E-state index in [9.17, 15) is 4.79 Å². The van der Waals surface area contributed by atoms with E-state index in [0.717, 1.165) is 12.4 Å². The smallest absolute Gasteiger partial charge is 0.322 e. The second-order valence-corrected chi connectivity index (χ2v) is 3.54. The van der Waals surface area contributed by atoms with Crippen molar-refractivity contribution in [3.05, 3.63) is 29.8 Å². The predicted molar refractivity (Wildman–Crippen MR) is 65.4 cm³/mol. The summed E-state index contributed by atoms with van der Waals surface area (Å²) in [5.74, 6) is 0.780. The molecule has 2 heterocycles. The monoisotopic (exact) mass is 247 g/mol. The van der Waals surface area contributed by atoms with Gasteiger partial charge in [0.25, 0.3) is 5.91 Å². The van der Waals surface area contributed by atoms with Crippen molar-refractivity contribution in [1.29, 1.82) is 0 Å². The van der Waals surface area contributed by atoms with Crippen molar-refractivity contribution in [3.8, 4) is 0 Å². The van der Waals surface area contributed by atoms with Gasteiger partial charge >= 0.3 is 6.01 Å². The van der Waals surface area contributed by atoms with Crippen molar-refractivity contribution in [2.24, 2.45) is 0 Å². The van der Waals surface area contributed by atoms with Crippen LogP contribution in [0.1, 0.15) is 23.2 Å². The standard InChI is InChI=1S/C11H13N5O2/c1-3-12-9-5-4-8(6-13-9)10(17)14-11-16-15-7(2)18-11/h4-6H,3H2,1-2H3,(H,12,13)(H,14,16,17). The summed E-state index contributed by atoms with van der Waals surface area (Å²) in [4.78, 5) is 15.9. The van der Waals surface area contributed by atoms with E-state index < -0.39 is 0 Å². The SMILES string of the molecule is CCNc1ccc(C(=O)Nc2nnc(C)o2)cn1. The molecule has 7 heteroatoms. The Labute approximate surface area is 104 Å². The molecule has 0 radical (unpaired) electrons. The maximum absolute atomic E-state index is 11.8. The van der Waals surface area contributed by atoms with Gasteiger partial charge < -0.3 is 9.73 Å². The number of rotatable bonds is 4. The molecule has 0 fully saturated rings. The van der Waals surface area contributed by atoms with Crippen LogP contribution in [0.25, 0.3) is 0 Å². The minimum atomic E-state index is -0.339. The summed E-state index contributed by atoms with van der Waals surface area (Å²) >= 11 is 0. The second-order valence-electron chi connectivity index (χ2n) is 3.54. The van der Waals surface area contributed by atoms with Gasteiger partial charge in [0, 0.05) is 19.7 Å². The van der Waals surface area contributed by atoms with Crippen LogP contribution < -0.4 is 10.6 Å². The fourth-order valence-electron chi connectivity index (χ4n) is 1.33. The van der Waals surface area contributed by atoms with Crippen LogP contribution >= 0.6 is 0 Å². The second kappa shape index (κ2) is 5.26. The van der Waals surface area contributed by atoms with Crippen LogP contribution in [0.15, 0.2) is 22.7 Å². The van der Waals surface area contributed by atoms with E-state index in [1.54, 1.807) is 19.1 Å². The topological polar surface area (TPSA) is 92.9 Å². The molecule has 2 N–H and O–H groups in total. The van der Waals surface area contributed by atoms with Crippen molar-refractivity contribution < 1.29 is 9.21 Å². The third-order valence-electron chi connectivity index (χ3n) is 2.13. The third-order valence-corrected chi connectivity index (χ3v) is 2.13. The maximum atomic E-state index is 11.8. The molecule has 0 aliphatic carbocycles. The highest BCUT2D eigenvalue weighted by Gasteiger charge is 2.10. The lowest BCUT2D eigenvalue weighted by atomic mass is 10.2. The van der Waals surface area contributed by atoms with Crippen molar-refractivity contribution in [2.75, 3.05) is 17.2 Å². The van der Waals surface area contributed by atoms with Gasteiger partial charge in [-0.15, -0.1) is 5.10 Å². The Kier molecular flexibility index (Phi) is 3.52. The third kappa shape index (κ3) is 2.82. The molecule has 0 saturated carbocycles. The average Bonchev–Trinajstić information content (AvgIpc) is 2.76. The average molecular weight is 247 g/mol. The zero-order valence-electron chi connectivity index (χ0n) is 10.1. The lowest BCUT2D eigenvalue weighted by molar-refractivity contribution is 0.102. The number of nitrogens with zero attached hydrogens (tertiary/aromatic N) is 3. The number of hydrogen-bond donors (Lipinski definition) is 2. The van der Waals surface area contributed by atoms with Crippen LogP contribution in [0.3, 0.4) is 0 Å². The van der Waals surface area contributed by atoms with Gasteiger partial charge in [-0.25, -0.2) is 4.98 Å². The number of aryl methyl sites for hydroxylation is 1. The predicted octanol–water partition coefficient (Wildman–Crippen LogP) is 1.46. The van der Waals surface area contributed by atoms with Gasteiger partial charge in [0.1, 0.15) is 5.82 Å². The number of carbonyl (C=O) groups excluding carboxylic acids is 1. The summed E-state index contributed by atoms with van der Waals surface area (Å²) in [6.07, 6.45) is 1.48. The van der Waals surface area contributed by atoms with Crippen LogP contribution in [0.2, 0.25) is 0 Å². The molecule has 0 aromatic carbocycles. The molecule has 1 amide bonds. The Hall–Kier alpha value is -2.44. The Morgan fingerprint density at radius 3 is 2.78 bits per heavy atom. The quantitative estimate of drug-likeness (QED) is 0.849. The zero-order chi connectivity index (χ0) is 13.0. The number of nitrogens with one attached hydrogen (secondary N) is 2. The summed E-state index contributed by atoms with van der Waals surface area (Å²) in [5, 5.41) is 12.8. The minimum Gasteiger partial charge on any atom is -0.408 e.